The molecule has 0 aliphatic carbocycles. The van der Waals surface area contributed by atoms with E-state index in [9.17, 15) is 18.0 Å². The lowest BCUT2D eigenvalue weighted by atomic mass is 10.1. The summed E-state index contributed by atoms with van der Waals surface area (Å²) in [5, 5.41) is 18.4. The number of rotatable bonds is 5. The van der Waals surface area contributed by atoms with Crippen LogP contribution in [0.1, 0.15) is 21.5 Å². The minimum atomic E-state index is -4.44. The van der Waals surface area contributed by atoms with Crippen molar-refractivity contribution in [2.45, 2.75) is 16.5 Å². The van der Waals surface area contributed by atoms with Gasteiger partial charge in [0.25, 0.3) is 5.78 Å². The first kappa shape index (κ1) is 20.8. The number of carbonyl (C=O) groups excluding carboxylic acids is 1. The van der Waals surface area contributed by atoms with Gasteiger partial charge in [0.1, 0.15) is 0 Å². The molecule has 3 heterocycles. The number of nitrogens with zero attached hydrogens (tertiary/aromatic N) is 6. The van der Waals surface area contributed by atoms with Crippen LogP contribution >= 0.6 is 23.5 Å². The summed E-state index contributed by atoms with van der Waals surface area (Å²) in [5.74, 6) is 0.750. The minimum absolute atomic E-state index is 0.0139. The van der Waals surface area contributed by atoms with E-state index in [0.29, 0.717) is 21.8 Å². The topological polar surface area (TPSA) is 77.4 Å². The van der Waals surface area contributed by atoms with Crippen LogP contribution in [-0.4, -0.2) is 47.5 Å². The van der Waals surface area contributed by atoms with Crippen LogP contribution in [0.5, 0.6) is 0 Å². The van der Waals surface area contributed by atoms with Gasteiger partial charge in [0.15, 0.2) is 5.78 Å². The summed E-state index contributed by atoms with van der Waals surface area (Å²) in [6, 6.07) is 13.9. The van der Waals surface area contributed by atoms with Crippen molar-refractivity contribution < 1.29 is 18.0 Å². The second-order valence-corrected chi connectivity index (χ2v) is 8.66. The van der Waals surface area contributed by atoms with Gasteiger partial charge in [-0.2, -0.15) is 27.5 Å². The molecule has 0 spiro atoms. The Morgan fingerprint density at radius 1 is 1.06 bits per heavy atom. The molecule has 0 saturated carbocycles. The van der Waals surface area contributed by atoms with Crippen molar-refractivity contribution in [3.05, 3.63) is 71.3 Å². The molecule has 0 atom stereocenters. The molecule has 0 radical (unpaired) electrons. The molecule has 0 amide bonds. The number of hydrogen-bond acceptors (Lipinski definition) is 7. The Balaban J connectivity index is 1.34. The minimum Gasteiger partial charge on any atom is -0.293 e. The molecule has 162 valence electrons. The molecule has 12 heteroatoms. The van der Waals surface area contributed by atoms with E-state index in [-0.39, 0.29) is 17.1 Å². The molecule has 2 aromatic heterocycles. The Morgan fingerprint density at radius 3 is 2.53 bits per heavy atom. The maximum Gasteiger partial charge on any atom is 0.416 e. The van der Waals surface area contributed by atoms with E-state index in [1.165, 1.54) is 28.4 Å². The summed E-state index contributed by atoms with van der Waals surface area (Å²) >= 11 is 2.63. The van der Waals surface area contributed by atoms with Crippen LogP contribution in [0.3, 0.4) is 0 Å². The average Bonchev–Trinajstić information content (AvgIpc) is 3.36. The molecule has 0 saturated heterocycles. The third-order valence-corrected chi connectivity index (χ3v) is 6.53. The van der Waals surface area contributed by atoms with Crippen molar-refractivity contribution in [2.75, 3.05) is 11.5 Å². The monoisotopic (exact) mass is 474 g/mol. The number of fused-ring (bicyclic) bond motifs is 3. The Bertz CT molecular complexity index is 1330. The summed E-state index contributed by atoms with van der Waals surface area (Å²) in [7, 11) is 0. The van der Waals surface area contributed by atoms with E-state index < -0.39 is 11.7 Å². The number of benzene rings is 2. The molecular weight excluding hydrogens is 461 g/mol. The first-order chi connectivity index (χ1) is 15.4. The summed E-state index contributed by atoms with van der Waals surface area (Å²) in [4.78, 5) is 12.4. The average molecular weight is 474 g/mol. The zero-order chi connectivity index (χ0) is 22.3. The lowest BCUT2D eigenvalue weighted by molar-refractivity contribution is -0.137. The molecule has 4 aromatic rings. The fourth-order valence-electron chi connectivity index (χ4n) is 3.07. The molecule has 7 nitrogen and oxygen atoms in total. The van der Waals surface area contributed by atoms with Gasteiger partial charge in [0, 0.05) is 11.3 Å². The Kier molecular flexibility index (Phi) is 5.25. The Hall–Kier alpha value is -3.12. The SMILES string of the molecule is O=C(CSc1nnc2n3c(nn12)SCC(c1ccccc1)=N3)c1ccc(C(F)(F)F)cc1. The van der Waals surface area contributed by atoms with Crippen molar-refractivity contribution in [3.63, 3.8) is 0 Å². The van der Waals surface area contributed by atoms with E-state index >= 15 is 0 Å². The maximum atomic E-state index is 12.7. The van der Waals surface area contributed by atoms with E-state index in [2.05, 4.69) is 20.4 Å². The molecule has 2 aromatic carbocycles. The van der Waals surface area contributed by atoms with E-state index in [0.717, 1.165) is 35.2 Å². The zero-order valence-corrected chi connectivity index (χ0v) is 17.8. The third-order valence-electron chi connectivity index (χ3n) is 4.68. The summed E-state index contributed by atoms with van der Waals surface area (Å²) in [6.07, 6.45) is -4.44. The number of hydrogen-bond donors (Lipinski definition) is 0. The number of ketones is 1. The normalized spacial score (nSPS) is 13.8. The number of aromatic nitrogens is 5. The standard InChI is InChI=1S/C20H13F3N6OS2/c21-20(22,23)14-8-6-13(7-9-14)16(30)11-32-18-25-24-17-28(18)27-19-29(17)26-15(10-31-19)12-4-2-1-3-5-12/h1-9H,10-11H2. The number of Topliss-reactive ketones (excluding diaryl/α,β-unsaturated/α-hetero) is 1. The number of carbonyl (C=O) groups is 1. The van der Waals surface area contributed by atoms with Crippen LogP contribution < -0.4 is 0 Å². The third kappa shape index (κ3) is 3.91. The lowest BCUT2D eigenvalue weighted by Crippen LogP contribution is -2.13. The molecule has 1 aliphatic rings. The van der Waals surface area contributed by atoms with E-state index in [4.69, 9.17) is 0 Å². The Labute approximate surface area is 187 Å². The van der Waals surface area contributed by atoms with E-state index in [1.807, 2.05) is 30.3 Å². The van der Waals surface area contributed by atoms with Crippen molar-refractivity contribution in [1.82, 2.24) is 24.5 Å². The van der Waals surface area contributed by atoms with Crippen LogP contribution in [0.4, 0.5) is 13.2 Å². The highest BCUT2D eigenvalue weighted by molar-refractivity contribution is 8.00. The maximum absolute atomic E-state index is 12.7. The highest BCUT2D eigenvalue weighted by atomic mass is 32.2. The number of halogens is 3. The lowest BCUT2D eigenvalue weighted by Gasteiger charge is -2.11. The smallest absolute Gasteiger partial charge is 0.293 e. The summed E-state index contributed by atoms with van der Waals surface area (Å²) in [5.41, 5.74) is 1.30. The molecule has 1 aliphatic heterocycles. The highest BCUT2D eigenvalue weighted by Crippen LogP contribution is 2.30. The number of thioether (sulfide) groups is 2. The van der Waals surface area contributed by atoms with Crippen molar-refractivity contribution in [3.8, 4) is 0 Å². The molecule has 32 heavy (non-hydrogen) atoms. The summed E-state index contributed by atoms with van der Waals surface area (Å²) in [6.45, 7) is 0. The molecule has 0 unspecified atom stereocenters. The van der Waals surface area contributed by atoms with Gasteiger partial charge in [0.2, 0.25) is 10.3 Å². The van der Waals surface area contributed by atoms with Crippen molar-refractivity contribution in [2.24, 2.45) is 5.10 Å². The first-order valence-corrected chi connectivity index (χ1v) is 11.3. The van der Waals surface area contributed by atoms with E-state index in [1.54, 1.807) is 4.68 Å². The van der Waals surface area contributed by atoms with Crippen molar-refractivity contribution in [1.29, 1.82) is 0 Å². The first-order valence-electron chi connectivity index (χ1n) is 9.33. The largest absolute Gasteiger partial charge is 0.416 e. The fourth-order valence-corrected chi connectivity index (χ4v) is 4.72. The van der Waals surface area contributed by atoms with Gasteiger partial charge in [-0.05, 0) is 17.7 Å². The van der Waals surface area contributed by atoms with Crippen LogP contribution in [0.15, 0.2) is 70.0 Å². The van der Waals surface area contributed by atoms with Crippen LogP contribution in [0.2, 0.25) is 0 Å². The summed E-state index contributed by atoms with van der Waals surface area (Å²) < 4.78 is 41.2. The molecule has 0 fully saturated rings. The van der Waals surface area contributed by atoms with Gasteiger partial charge < -0.3 is 0 Å². The van der Waals surface area contributed by atoms with Gasteiger partial charge in [-0.25, -0.2) is 0 Å². The van der Waals surface area contributed by atoms with Crippen LogP contribution in [-0.2, 0) is 6.18 Å². The second-order valence-electron chi connectivity index (χ2n) is 6.78. The predicted octanol–water partition coefficient (Wildman–Crippen LogP) is 4.28. The number of alkyl halides is 3. The second kappa shape index (κ2) is 8.10. The molecule has 5 rings (SSSR count). The van der Waals surface area contributed by atoms with Gasteiger partial charge in [0.05, 0.1) is 17.0 Å². The predicted molar refractivity (Wildman–Crippen MR) is 114 cm³/mol. The molecular formula is C20H13F3N6OS2. The molecule has 0 bridgehead atoms. The van der Waals surface area contributed by atoms with Crippen molar-refractivity contribution >= 4 is 40.8 Å². The van der Waals surface area contributed by atoms with Crippen LogP contribution in [0, 0.1) is 0 Å². The quantitative estimate of drug-likeness (QED) is 0.318. The highest BCUT2D eigenvalue weighted by Gasteiger charge is 2.30. The fraction of sp³-hybridized carbons (Fsp3) is 0.150. The van der Waals surface area contributed by atoms with Gasteiger partial charge in [-0.3, -0.25) is 4.79 Å². The van der Waals surface area contributed by atoms with Crippen LogP contribution in [0.25, 0.3) is 5.78 Å². The Morgan fingerprint density at radius 2 is 1.81 bits per heavy atom. The zero-order valence-electron chi connectivity index (χ0n) is 16.2. The van der Waals surface area contributed by atoms with Gasteiger partial charge >= 0.3 is 6.18 Å². The van der Waals surface area contributed by atoms with Gasteiger partial charge in [-0.1, -0.05) is 66.0 Å². The van der Waals surface area contributed by atoms with Gasteiger partial charge in [-0.15, -0.1) is 15.3 Å². The molecule has 0 N–H and O–H groups in total.